The second-order valence-corrected chi connectivity index (χ2v) is 3.26. The third kappa shape index (κ3) is 2.71. The lowest BCUT2D eigenvalue weighted by atomic mass is 9.98. The number of carbonyl (C=O) groups is 1. The van der Waals surface area contributed by atoms with E-state index in [0.717, 1.165) is 19.4 Å². The second kappa shape index (κ2) is 4.83. The zero-order valence-corrected chi connectivity index (χ0v) is 7.82. The molecule has 0 aliphatic carbocycles. The van der Waals surface area contributed by atoms with Crippen molar-refractivity contribution in [2.45, 2.75) is 12.8 Å². The van der Waals surface area contributed by atoms with E-state index >= 15 is 0 Å². The molecular weight excluding hydrogens is 168 g/mol. The van der Waals surface area contributed by atoms with E-state index in [4.69, 9.17) is 5.26 Å². The molecule has 0 amide bonds. The quantitative estimate of drug-likeness (QED) is 0.458. The van der Waals surface area contributed by atoms with Crippen LogP contribution >= 0.6 is 0 Å². The fraction of sp³-hybridized carbons (Fsp3) is 0.778. The number of esters is 1. The van der Waals surface area contributed by atoms with Crippen LogP contribution in [0.1, 0.15) is 12.8 Å². The molecule has 0 unspecified atom stereocenters. The number of ether oxygens (including phenoxy) is 1. The number of hydrogen-bond acceptors (Lipinski definition) is 4. The van der Waals surface area contributed by atoms with Crippen LogP contribution in [0.2, 0.25) is 0 Å². The summed E-state index contributed by atoms with van der Waals surface area (Å²) in [6, 6.07) is 2.09. The Kier molecular flexibility index (Phi) is 3.71. The maximum atomic E-state index is 11.2. The minimum absolute atomic E-state index is 0.0351. The molecule has 1 heterocycles. The van der Waals surface area contributed by atoms with E-state index in [1.165, 1.54) is 7.11 Å². The molecule has 1 aliphatic rings. The highest BCUT2D eigenvalue weighted by Gasteiger charge is 2.25. The zero-order chi connectivity index (χ0) is 9.68. The molecule has 4 heteroatoms. The molecule has 1 fully saturated rings. The third-order valence-corrected chi connectivity index (χ3v) is 2.33. The standard InChI is InChI=1S/C9H14N2O2/c1-13-9(12)8-3-2-5-11(7-8)6-4-10/h8H,2-3,5-7H2,1H3/t8-/m0/s1. The lowest BCUT2D eigenvalue weighted by molar-refractivity contribution is -0.147. The molecule has 0 aromatic carbocycles. The molecule has 0 saturated carbocycles. The summed E-state index contributed by atoms with van der Waals surface area (Å²) in [4.78, 5) is 13.2. The Morgan fingerprint density at radius 2 is 2.54 bits per heavy atom. The van der Waals surface area contributed by atoms with Crippen LogP contribution in [-0.4, -0.2) is 37.6 Å². The van der Waals surface area contributed by atoms with Crippen LogP contribution < -0.4 is 0 Å². The van der Waals surface area contributed by atoms with Crippen molar-refractivity contribution in [3.05, 3.63) is 0 Å². The zero-order valence-electron chi connectivity index (χ0n) is 7.82. The Morgan fingerprint density at radius 1 is 1.77 bits per heavy atom. The van der Waals surface area contributed by atoms with E-state index in [2.05, 4.69) is 10.8 Å². The fourth-order valence-corrected chi connectivity index (χ4v) is 1.66. The van der Waals surface area contributed by atoms with Crippen molar-refractivity contribution >= 4 is 5.97 Å². The molecule has 0 radical (unpaired) electrons. The van der Waals surface area contributed by atoms with E-state index in [1.807, 2.05) is 4.90 Å². The van der Waals surface area contributed by atoms with Crippen LogP contribution in [0.4, 0.5) is 0 Å². The third-order valence-electron chi connectivity index (χ3n) is 2.33. The van der Waals surface area contributed by atoms with Gasteiger partial charge in [-0.05, 0) is 19.4 Å². The van der Waals surface area contributed by atoms with Crippen molar-refractivity contribution in [1.29, 1.82) is 5.26 Å². The molecule has 1 aliphatic heterocycles. The molecule has 72 valence electrons. The van der Waals surface area contributed by atoms with Crippen LogP contribution in [0.3, 0.4) is 0 Å². The molecule has 1 saturated heterocycles. The monoisotopic (exact) mass is 182 g/mol. The summed E-state index contributed by atoms with van der Waals surface area (Å²) in [5.41, 5.74) is 0. The summed E-state index contributed by atoms with van der Waals surface area (Å²) in [6.07, 6.45) is 1.86. The fourth-order valence-electron chi connectivity index (χ4n) is 1.66. The van der Waals surface area contributed by atoms with Crippen molar-refractivity contribution in [3.63, 3.8) is 0 Å². The first kappa shape index (κ1) is 10.0. The van der Waals surface area contributed by atoms with Gasteiger partial charge in [-0.3, -0.25) is 9.69 Å². The van der Waals surface area contributed by atoms with Crippen molar-refractivity contribution < 1.29 is 9.53 Å². The van der Waals surface area contributed by atoms with Crippen LogP contribution in [0.25, 0.3) is 0 Å². The smallest absolute Gasteiger partial charge is 0.309 e. The minimum Gasteiger partial charge on any atom is -0.469 e. The minimum atomic E-state index is -0.150. The maximum Gasteiger partial charge on any atom is 0.309 e. The highest BCUT2D eigenvalue weighted by molar-refractivity contribution is 5.72. The summed E-state index contributed by atoms with van der Waals surface area (Å²) in [6.45, 7) is 1.99. The Balaban J connectivity index is 2.42. The predicted octanol–water partition coefficient (Wildman–Crippen LogP) is 0.395. The molecule has 1 atom stereocenters. The SMILES string of the molecule is COC(=O)[C@H]1CCCN(CC#N)C1. The van der Waals surface area contributed by atoms with E-state index in [9.17, 15) is 4.79 Å². The number of nitrogens with zero attached hydrogens (tertiary/aromatic N) is 2. The lowest BCUT2D eigenvalue weighted by Crippen LogP contribution is -2.39. The highest BCUT2D eigenvalue weighted by atomic mass is 16.5. The van der Waals surface area contributed by atoms with Gasteiger partial charge in [0.2, 0.25) is 0 Å². The normalized spacial score (nSPS) is 23.5. The molecule has 0 spiro atoms. The van der Waals surface area contributed by atoms with Gasteiger partial charge in [0.05, 0.1) is 25.6 Å². The van der Waals surface area contributed by atoms with Gasteiger partial charge in [-0.1, -0.05) is 0 Å². The lowest BCUT2D eigenvalue weighted by Gasteiger charge is -2.29. The van der Waals surface area contributed by atoms with Gasteiger partial charge in [0.25, 0.3) is 0 Å². The summed E-state index contributed by atoms with van der Waals surface area (Å²) in [5.74, 6) is -0.185. The molecule has 0 aromatic rings. The summed E-state index contributed by atoms with van der Waals surface area (Å²) in [5, 5.41) is 8.49. The summed E-state index contributed by atoms with van der Waals surface area (Å²) >= 11 is 0. The maximum absolute atomic E-state index is 11.2. The molecule has 0 N–H and O–H groups in total. The Morgan fingerprint density at radius 3 is 3.15 bits per heavy atom. The molecule has 13 heavy (non-hydrogen) atoms. The van der Waals surface area contributed by atoms with Crippen LogP contribution in [0, 0.1) is 17.2 Å². The largest absolute Gasteiger partial charge is 0.469 e. The van der Waals surface area contributed by atoms with E-state index in [0.29, 0.717) is 13.1 Å². The number of piperidine rings is 1. The number of rotatable bonds is 2. The molecule has 4 nitrogen and oxygen atoms in total. The van der Waals surface area contributed by atoms with Gasteiger partial charge < -0.3 is 4.74 Å². The Bertz CT molecular complexity index is 222. The first-order valence-corrected chi connectivity index (χ1v) is 4.45. The first-order chi connectivity index (χ1) is 6.27. The average molecular weight is 182 g/mol. The molecule has 0 bridgehead atoms. The Hall–Kier alpha value is -1.08. The van der Waals surface area contributed by atoms with Crippen LogP contribution in [0.5, 0.6) is 0 Å². The highest BCUT2D eigenvalue weighted by Crippen LogP contribution is 2.16. The van der Waals surface area contributed by atoms with Gasteiger partial charge in [-0.2, -0.15) is 5.26 Å². The van der Waals surface area contributed by atoms with Crippen molar-refractivity contribution in [2.24, 2.45) is 5.92 Å². The first-order valence-electron chi connectivity index (χ1n) is 4.45. The van der Waals surface area contributed by atoms with E-state index < -0.39 is 0 Å². The number of nitriles is 1. The van der Waals surface area contributed by atoms with Crippen molar-refractivity contribution in [3.8, 4) is 6.07 Å². The summed E-state index contributed by atoms with van der Waals surface area (Å²) < 4.78 is 4.67. The van der Waals surface area contributed by atoms with Crippen LogP contribution in [0.15, 0.2) is 0 Å². The van der Waals surface area contributed by atoms with Gasteiger partial charge in [-0.25, -0.2) is 0 Å². The number of likely N-dealkylation sites (tertiary alicyclic amines) is 1. The molecule has 0 aromatic heterocycles. The predicted molar refractivity (Wildman–Crippen MR) is 46.8 cm³/mol. The van der Waals surface area contributed by atoms with E-state index in [1.54, 1.807) is 0 Å². The topological polar surface area (TPSA) is 53.3 Å². The number of hydrogen-bond donors (Lipinski definition) is 0. The van der Waals surface area contributed by atoms with Crippen LogP contribution in [-0.2, 0) is 9.53 Å². The molecular formula is C9H14N2O2. The van der Waals surface area contributed by atoms with Gasteiger partial charge >= 0.3 is 5.97 Å². The van der Waals surface area contributed by atoms with Gasteiger partial charge in [0, 0.05) is 6.54 Å². The Labute approximate surface area is 78.1 Å². The van der Waals surface area contributed by atoms with Gasteiger partial charge in [0.15, 0.2) is 0 Å². The summed E-state index contributed by atoms with van der Waals surface area (Å²) in [7, 11) is 1.41. The van der Waals surface area contributed by atoms with Gasteiger partial charge in [0.1, 0.15) is 0 Å². The number of carbonyl (C=O) groups excluding carboxylic acids is 1. The van der Waals surface area contributed by atoms with E-state index in [-0.39, 0.29) is 11.9 Å². The van der Waals surface area contributed by atoms with Crippen molar-refractivity contribution in [2.75, 3.05) is 26.7 Å². The molecule has 1 rings (SSSR count). The van der Waals surface area contributed by atoms with Crippen molar-refractivity contribution in [1.82, 2.24) is 4.90 Å². The second-order valence-electron chi connectivity index (χ2n) is 3.26. The van der Waals surface area contributed by atoms with Gasteiger partial charge in [-0.15, -0.1) is 0 Å². The number of methoxy groups -OCH3 is 1. The average Bonchev–Trinajstić information content (AvgIpc) is 2.18.